The minimum atomic E-state index is 0. The van der Waals surface area contributed by atoms with E-state index in [1.54, 1.807) is 0 Å². The minimum absolute atomic E-state index is 0. The van der Waals surface area contributed by atoms with E-state index in [2.05, 4.69) is 48.6 Å². The summed E-state index contributed by atoms with van der Waals surface area (Å²) in [6, 6.07) is 0. The third-order valence-corrected chi connectivity index (χ3v) is 6.33. The summed E-state index contributed by atoms with van der Waals surface area (Å²) in [5, 5.41) is 0. The summed E-state index contributed by atoms with van der Waals surface area (Å²) < 4.78 is 0. The molecule has 0 amide bonds. The Kier molecular flexibility index (Phi) is 13.3. The summed E-state index contributed by atoms with van der Waals surface area (Å²) in [5.41, 5.74) is 0. The predicted octanol–water partition coefficient (Wildman–Crippen LogP) is 7.10. The Balaban J connectivity index is 0. The van der Waals surface area contributed by atoms with Crippen LogP contribution in [0.25, 0.3) is 0 Å². The van der Waals surface area contributed by atoms with E-state index in [-0.39, 0.29) is 55.5 Å². The molecule has 2 saturated carbocycles. The summed E-state index contributed by atoms with van der Waals surface area (Å²) in [6.45, 7) is 0. The van der Waals surface area contributed by atoms with Crippen LogP contribution in [0.3, 0.4) is 0 Å². The average molecular weight is 505 g/mol. The van der Waals surface area contributed by atoms with E-state index < -0.39 is 0 Å². The molecule has 0 aromatic heterocycles. The Labute approximate surface area is 177 Å². The molecule has 0 N–H and O–H groups in total. The van der Waals surface area contributed by atoms with Crippen LogP contribution in [0.15, 0.2) is 48.6 Å². The van der Waals surface area contributed by atoms with Crippen molar-refractivity contribution in [2.75, 3.05) is 0 Å². The Morgan fingerprint density at radius 2 is 0.880 bits per heavy atom. The van der Waals surface area contributed by atoms with Gasteiger partial charge in [0.1, 0.15) is 0 Å². The molecule has 0 spiro atoms. The normalized spacial score (nSPS) is 35.8. The van der Waals surface area contributed by atoms with Gasteiger partial charge in [0.15, 0.2) is 0 Å². The summed E-state index contributed by atoms with van der Waals surface area (Å²) in [5.74, 6) is 5.36. The molecular formula is C24H38Hf. The van der Waals surface area contributed by atoms with Crippen LogP contribution >= 0.6 is 0 Å². The van der Waals surface area contributed by atoms with Crippen molar-refractivity contribution in [3.63, 3.8) is 0 Å². The zero-order valence-corrected chi connectivity index (χ0v) is 20.4. The van der Waals surface area contributed by atoms with E-state index in [0.717, 1.165) is 35.5 Å². The zero-order chi connectivity index (χ0) is 13.4. The van der Waals surface area contributed by atoms with Crippen LogP contribution in [0.4, 0.5) is 0 Å². The third-order valence-electron chi connectivity index (χ3n) is 6.33. The molecule has 1 heteroatoms. The van der Waals surface area contributed by atoms with Crippen molar-refractivity contribution in [1.29, 1.82) is 0 Å². The summed E-state index contributed by atoms with van der Waals surface area (Å²) in [7, 11) is 0. The molecule has 0 nitrogen and oxygen atoms in total. The first-order valence-electron chi connectivity index (χ1n) is 8.62. The summed E-state index contributed by atoms with van der Waals surface area (Å²) in [4.78, 5) is 0. The van der Waals surface area contributed by atoms with Gasteiger partial charge in [-0.25, -0.2) is 0 Å². The smallest absolute Gasteiger partial charge is 0.358 e. The molecule has 138 valence electrons. The Morgan fingerprint density at radius 3 is 1.28 bits per heavy atom. The van der Waals surface area contributed by atoms with Crippen molar-refractivity contribution in [3.05, 3.63) is 78.3 Å². The van der Waals surface area contributed by atoms with Crippen molar-refractivity contribution < 1.29 is 25.8 Å². The second-order valence-electron chi connectivity index (χ2n) is 7.27. The van der Waals surface area contributed by atoms with Gasteiger partial charge in [-0.2, -0.15) is 0 Å². The molecule has 0 radical (unpaired) electrons. The topological polar surface area (TPSA) is 0 Å². The Morgan fingerprint density at radius 1 is 0.520 bits per heavy atom. The molecule has 2 fully saturated rings. The van der Waals surface area contributed by atoms with Gasteiger partial charge in [0, 0.05) is 0 Å². The molecule has 25 heavy (non-hydrogen) atoms. The third kappa shape index (κ3) is 5.65. The number of hydrogen-bond acceptors (Lipinski definition) is 0. The van der Waals surface area contributed by atoms with E-state index in [1.165, 1.54) is 38.5 Å². The fourth-order valence-electron chi connectivity index (χ4n) is 5.23. The SMILES string of the molecule is C1=CC2CCC(CCC3CCC4C=CC=CC43)C2C=C1.[CH3-].[CH3-].[CH3-].[CH3-].[Hf+4]. The standard InChI is InChI=1S/C20H26.4CH3.Hf/c1-3-7-19-15(5-1)9-11-17(19)13-14-18-12-10-16-6-2-4-8-20(16)18;;;;;/h1-8,15-20H,9-14H2;4*1H3;/q;4*-1;+4. The van der Waals surface area contributed by atoms with E-state index in [1.807, 2.05) is 0 Å². The molecule has 6 unspecified atom stereocenters. The van der Waals surface area contributed by atoms with Crippen LogP contribution in [0.5, 0.6) is 0 Å². The minimum Gasteiger partial charge on any atom is -0.358 e. The Bertz CT molecular complexity index is 426. The fourth-order valence-corrected chi connectivity index (χ4v) is 5.23. The van der Waals surface area contributed by atoms with Crippen LogP contribution in [0.2, 0.25) is 0 Å². The van der Waals surface area contributed by atoms with Gasteiger partial charge in [-0.3, -0.25) is 0 Å². The molecule has 0 heterocycles. The van der Waals surface area contributed by atoms with Gasteiger partial charge in [0.25, 0.3) is 0 Å². The largest absolute Gasteiger partial charge is 4.00 e. The maximum absolute atomic E-state index is 2.49. The quantitative estimate of drug-likeness (QED) is 0.284. The van der Waals surface area contributed by atoms with Gasteiger partial charge in [0.05, 0.1) is 0 Å². The molecule has 0 bridgehead atoms. The van der Waals surface area contributed by atoms with Crippen LogP contribution in [-0.2, 0) is 25.8 Å². The number of fused-ring (bicyclic) bond motifs is 2. The predicted molar refractivity (Wildman–Crippen MR) is 111 cm³/mol. The first-order chi connectivity index (χ1) is 9.92. The molecule has 4 aliphatic carbocycles. The molecular weight excluding hydrogens is 467 g/mol. The maximum atomic E-state index is 2.49. The molecule has 0 aromatic carbocycles. The average Bonchev–Trinajstić information content (AvgIpc) is 3.09. The molecule has 4 aliphatic rings. The maximum Gasteiger partial charge on any atom is 4.00 e. The van der Waals surface area contributed by atoms with Crippen LogP contribution in [0.1, 0.15) is 38.5 Å². The van der Waals surface area contributed by atoms with Gasteiger partial charge in [-0.15, -0.1) is 0 Å². The van der Waals surface area contributed by atoms with Crippen molar-refractivity contribution in [1.82, 2.24) is 0 Å². The first-order valence-corrected chi connectivity index (χ1v) is 8.62. The summed E-state index contributed by atoms with van der Waals surface area (Å²) in [6.07, 6.45) is 27.6. The number of hydrogen-bond donors (Lipinski definition) is 0. The van der Waals surface area contributed by atoms with E-state index in [4.69, 9.17) is 0 Å². The van der Waals surface area contributed by atoms with Crippen molar-refractivity contribution in [3.8, 4) is 0 Å². The first kappa shape index (κ1) is 27.1. The van der Waals surface area contributed by atoms with Gasteiger partial charge in [-0.1, -0.05) is 48.6 Å². The van der Waals surface area contributed by atoms with E-state index >= 15 is 0 Å². The summed E-state index contributed by atoms with van der Waals surface area (Å²) >= 11 is 0. The van der Waals surface area contributed by atoms with Gasteiger partial charge in [0.2, 0.25) is 0 Å². The monoisotopic (exact) mass is 506 g/mol. The van der Waals surface area contributed by atoms with Crippen LogP contribution in [0, 0.1) is 65.2 Å². The number of rotatable bonds is 3. The second kappa shape index (κ2) is 12.3. The van der Waals surface area contributed by atoms with Gasteiger partial charge >= 0.3 is 25.8 Å². The van der Waals surface area contributed by atoms with Crippen LogP contribution in [-0.4, -0.2) is 0 Å². The molecule has 0 aromatic rings. The van der Waals surface area contributed by atoms with Crippen LogP contribution < -0.4 is 0 Å². The van der Waals surface area contributed by atoms with Crippen molar-refractivity contribution in [2.24, 2.45) is 35.5 Å². The van der Waals surface area contributed by atoms with Gasteiger partial charge in [-0.05, 0) is 74.0 Å². The molecule has 4 rings (SSSR count). The molecule has 6 atom stereocenters. The second-order valence-corrected chi connectivity index (χ2v) is 7.27. The van der Waals surface area contributed by atoms with Crippen molar-refractivity contribution >= 4 is 0 Å². The Hall–Kier alpha value is -0.170. The molecule has 0 aliphatic heterocycles. The van der Waals surface area contributed by atoms with E-state index in [9.17, 15) is 0 Å². The van der Waals surface area contributed by atoms with Gasteiger partial charge < -0.3 is 29.7 Å². The molecule has 0 saturated heterocycles. The fraction of sp³-hybridized carbons (Fsp3) is 0.500. The van der Waals surface area contributed by atoms with Crippen molar-refractivity contribution in [2.45, 2.75) is 38.5 Å². The van der Waals surface area contributed by atoms with E-state index in [0.29, 0.717) is 0 Å². The number of allylic oxidation sites excluding steroid dienone is 8. The zero-order valence-electron chi connectivity index (χ0n) is 16.8.